The minimum absolute atomic E-state index is 0.395. The molecule has 1 aliphatic carbocycles. The van der Waals surface area contributed by atoms with E-state index in [0.29, 0.717) is 41.7 Å². The van der Waals surface area contributed by atoms with Gasteiger partial charge in [0.05, 0.1) is 22.8 Å². The van der Waals surface area contributed by atoms with Gasteiger partial charge in [-0.15, -0.1) is 0 Å². The van der Waals surface area contributed by atoms with Crippen molar-refractivity contribution in [3.63, 3.8) is 0 Å². The normalized spacial score (nSPS) is 15.3. The summed E-state index contributed by atoms with van der Waals surface area (Å²) in [6.45, 7) is 2.58. The van der Waals surface area contributed by atoms with E-state index in [9.17, 15) is 14.7 Å². The van der Waals surface area contributed by atoms with Crippen LogP contribution in [0.25, 0.3) is 22.3 Å². The van der Waals surface area contributed by atoms with Gasteiger partial charge in [0, 0.05) is 12.1 Å². The molecule has 0 bridgehead atoms. The number of rotatable bonds is 5. The van der Waals surface area contributed by atoms with Gasteiger partial charge >= 0.3 is 5.97 Å². The van der Waals surface area contributed by atoms with Gasteiger partial charge in [0.1, 0.15) is 5.54 Å². The zero-order valence-corrected chi connectivity index (χ0v) is 15.0. The van der Waals surface area contributed by atoms with Crippen LogP contribution in [0.1, 0.15) is 36.5 Å². The smallest absolute Gasteiger partial charge is 0.329 e. The van der Waals surface area contributed by atoms with Gasteiger partial charge in [0.15, 0.2) is 5.65 Å². The lowest BCUT2D eigenvalue weighted by atomic mass is 9.76. The number of aromatic nitrogens is 3. The summed E-state index contributed by atoms with van der Waals surface area (Å²) in [5.41, 5.74) is 1.38. The summed E-state index contributed by atoms with van der Waals surface area (Å²) >= 11 is 0. The maximum absolute atomic E-state index is 13.0. The van der Waals surface area contributed by atoms with Crippen LogP contribution in [0.3, 0.4) is 0 Å². The van der Waals surface area contributed by atoms with E-state index in [0.717, 1.165) is 12.0 Å². The minimum Gasteiger partial charge on any atom is -0.480 e. The Balaban J connectivity index is 1.82. The summed E-state index contributed by atoms with van der Waals surface area (Å²) in [6.07, 6.45) is 3.30. The Bertz CT molecular complexity index is 1020. The monoisotopic (exact) mass is 364 g/mol. The molecule has 0 spiro atoms. The molecular weight excluding hydrogens is 344 g/mol. The van der Waals surface area contributed by atoms with E-state index in [1.54, 1.807) is 16.9 Å². The highest BCUT2D eigenvalue weighted by Crippen LogP contribution is 2.33. The number of hydrogen-bond donors (Lipinski definition) is 2. The second-order valence-electron chi connectivity index (χ2n) is 6.81. The number of nitrogens with zero attached hydrogens (tertiary/aromatic N) is 3. The van der Waals surface area contributed by atoms with Gasteiger partial charge in [-0.2, -0.15) is 5.10 Å². The molecule has 0 radical (unpaired) electrons. The first-order valence-corrected chi connectivity index (χ1v) is 9.02. The van der Waals surface area contributed by atoms with Gasteiger partial charge in [-0.25, -0.2) is 14.5 Å². The highest BCUT2D eigenvalue weighted by Gasteiger charge is 2.46. The molecule has 0 aliphatic heterocycles. The predicted molar refractivity (Wildman–Crippen MR) is 100 cm³/mol. The van der Waals surface area contributed by atoms with Gasteiger partial charge in [-0.3, -0.25) is 4.79 Å². The van der Waals surface area contributed by atoms with Crippen LogP contribution >= 0.6 is 0 Å². The van der Waals surface area contributed by atoms with Crippen LogP contribution in [-0.2, 0) is 11.3 Å². The molecule has 1 aliphatic rings. The van der Waals surface area contributed by atoms with Gasteiger partial charge in [-0.1, -0.05) is 30.3 Å². The standard InChI is InChI=1S/C20H20N4O3/c1-2-24-17-15(12-21-24)14(11-16(22-17)13-7-4-3-5-8-13)18(25)23-20(19(26)27)9-6-10-20/h3-5,7-8,11-12H,2,6,9-10H2,1H3,(H,23,25)(H,26,27). The average molecular weight is 364 g/mol. The van der Waals surface area contributed by atoms with Crippen molar-refractivity contribution in [1.29, 1.82) is 0 Å². The Morgan fingerprint density at radius 2 is 2.00 bits per heavy atom. The van der Waals surface area contributed by atoms with E-state index in [2.05, 4.69) is 15.4 Å². The first-order valence-electron chi connectivity index (χ1n) is 9.02. The molecule has 7 nitrogen and oxygen atoms in total. The third kappa shape index (κ3) is 2.85. The van der Waals surface area contributed by atoms with Crippen molar-refractivity contribution in [2.75, 3.05) is 0 Å². The van der Waals surface area contributed by atoms with Crippen molar-refractivity contribution in [3.05, 3.63) is 48.2 Å². The van der Waals surface area contributed by atoms with Crippen LogP contribution in [0.15, 0.2) is 42.6 Å². The van der Waals surface area contributed by atoms with Gasteiger partial charge < -0.3 is 10.4 Å². The number of carboxylic acid groups (broad SMARTS) is 1. The summed E-state index contributed by atoms with van der Waals surface area (Å²) in [4.78, 5) is 29.3. The van der Waals surface area contributed by atoms with E-state index in [-0.39, 0.29) is 0 Å². The maximum Gasteiger partial charge on any atom is 0.329 e. The summed E-state index contributed by atoms with van der Waals surface area (Å²) in [6, 6.07) is 11.3. The van der Waals surface area contributed by atoms with Crippen molar-refractivity contribution in [2.24, 2.45) is 0 Å². The molecule has 4 rings (SSSR count). The molecule has 2 N–H and O–H groups in total. The number of carbonyl (C=O) groups excluding carboxylic acids is 1. The SMILES string of the molecule is CCn1ncc2c(C(=O)NC3(C(=O)O)CCC3)cc(-c3ccccc3)nc21. The summed E-state index contributed by atoms with van der Waals surface area (Å²) in [5.74, 6) is -1.39. The van der Waals surface area contributed by atoms with Crippen molar-refractivity contribution in [1.82, 2.24) is 20.1 Å². The molecule has 0 saturated heterocycles. The number of amides is 1. The Kier molecular flexibility index (Phi) is 4.14. The van der Waals surface area contributed by atoms with E-state index in [4.69, 9.17) is 0 Å². The largest absolute Gasteiger partial charge is 0.480 e. The quantitative estimate of drug-likeness (QED) is 0.725. The Hall–Kier alpha value is -3.22. The van der Waals surface area contributed by atoms with Crippen molar-refractivity contribution < 1.29 is 14.7 Å². The first kappa shape index (κ1) is 17.2. The number of pyridine rings is 1. The molecule has 2 aromatic heterocycles. The second-order valence-corrected chi connectivity index (χ2v) is 6.81. The average Bonchev–Trinajstić information content (AvgIpc) is 3.07. The molecule has 2 heterocycles. The van der Waals surface area contributed by atoms with E-state index < -0.39 is 17.4 Å². The number of benzene rings is 1. The third-order valence-corrected chi connectivity index (χ3v) is 5.19. The first-order chi connectivity index (χ1) is 13.0. The summed E-state index contributed by atoms with van der Waals surface area (Å²) in [5, 5.41) is 17.2. The molecule has 3 aromatic rings. The number of aliphatic carboxylic acids is 1. The van der Waals surface area contributed by atoms with Crippen molar-refractivity contribution in [2.45, 2.75) is 38.3 Å². The highest BCUT2D eigenvalue weighted by molar-refractivity contribution is 6.08. The van der Waals surface area contributed by atoms with Gasteiger partial charge in [-0.05, 0) is 32.3 Å². The van der Waals surface area contributed by atoms with Gasteiger partial charge in [0.25, 0.3) is 5.91 Å². The van der Waals surface area contributed by atoms with Crippen LogP contribution in [0.2, 0.25) is 0 Å². The fourth-order valence-electron chi connectivity index (χ4n) is 3.43. The van der Waals surface area contributed by atoms with Crippen molar-refractivity contribution in [3.8, 4) is 11.3 Å². The van der Waals surface area contributed by atoms with Crippen LogP contribution < -0.4 is 5.32 Å². The molecule has 7 heteroatoms. The molecule has 0 atom stereocenters. The highest BCUT2D eigenvalue weighted by atomic mass is 16.4. The summed E-state index contributed by atoms with van der Waals surface area (Å²) in [7, 11) is 0. The number of hydrogen-bond acceptors (Lipinski definition) is 4. The third-order valence-electron chi connectivity index (χ3n) is 5.19. The fourth-order valence-corrected chi connectivity index (χ4v) is 3.43. The summed E-state index contributed by atoms with van der Waals surface area (Å²) < 4.78 is 1.73. The Labute approximate surface area is 156 Å². The number of fused-ring (bicyclic) bond motifs is 1. The molecule has 1 amide bonds. The second kappa shape index (κ2) is 6.50. The van der Waals surface area contributed by atoms with E-state index >= 15 is 0 Å². The molecule has 0 unspecified atom stereocenters. The van der Waals surface area contributed by atoms with Crippen LogP contribution in [0.5, 0.6) is 0 Å². The zero-order valence-electron chi connectivity index (χ0n) is 15.0. The minimum atomic E-state index is -1.17. The van der Waals surface area contributed by atoms with Gasteiger partial charge in [0.2, 0.25) is 0 Å². The number of carbonyl (C=O) groups is 2. The van der Waals surface area contributed by atoms with E-state index in [1.165, 1.54) is 0 Å². The van der Waals surface area contributed by atoms with Crippen LogP contribution in [0, 0.1) is 0 Å². The zero-order chi connectivity index (χ0) is 19.0. The molecule has 1 fully saturated rings. The molecule has 27 heavy (non-hydrogen) atoms. The lowest BCUT2D eigenvalue weighted by Crippen LogP contribution is -2.59. The molecule has 1 aromatic carbocycles. The number of carboxylic acids is 1. The Morgan fingerprint density at radius 3 is 2.59 bits per heavy atom. The molecule has 1 saturated carbocycles. The lowest BCUT2D eigenvalue weighted by Gasteiger charge is -2.38. The molecular formula is C20H20N4O3. The Morgan fingerprint density at radius 1 is 1.26 bits per heavy atom. The predicted octanol–water partition coefficient (Wildman–Crippen LogP) is 2.86. The van der Waals surface area contributed by atoms with E-state index in [1.807, 2.05) is 37.3 Å². The van der Waals surface area contributed by atoms with Crippen molar-refractivity contribution >= 4 is 22.9 Å². The number of aryl methyl sites for hydroxylation is 1. The van der Waals surface area contributed by atoms with Crippen LogP contribution in [-0.4, -0.2) is 37.3 Å². The number of nitrogens with one attached hydrogen (secondary N) is 1. The molecule has 138 valence electrons. The lowest BCUT2D eigenvalue weighted by molar-refractivity contribution is -0.148. The fraction of sp³-hybridized carbons (Fsp3) is 0.300. The topological polar surface area (TPSA) is 97.1 Å². The maximum atomic E-state index is 13.0. The van der Waals surface area contributed by atoms with Crippen LogP contribution in [0.4, 0.5) is 0 Å².